The van der Waals surface area contributed by atoms with Gasteiger partial charge in [0.2, 0.25) is 0 Å². The average molecular weight is 371 g/mol. The molecular formula is C20H22FN3O3. The molecule has 142 valence electrons. The summed E-state index contributed by atoms with van der Waals surface area (Å²) >= 11 is 0. The summed E-state index contributed by atoms with van der Waals surface area (Å²) in [6.07, 6.45) is 4.34. The van der Waals surface area contributed by atoms with Crippen LogP contribution in [-0.2, 0) is 17.6 Å². The lowest BCUT2D eigenvalue weighted by Crippen LogP contribution is -2.48. The van der Waals surface area contributed by atoms with Crippen LogP contribution in [0.15, 0.2) is 18.2 Å². The van der Waals surface area contributed by atoms with Gasteiger partial charge in [0, 0.05) is 17.8 Å². The van der Waals surface area contributed by atoms with Crippen LogP contribution in [0.2, 0.25) is 0 Å². The fourth-order valence-electron chi connectivity index (χ4n) is 4.16. The molecule has 2 aromatic rings. The number of aryl methyl sites for hydroxylation is 1. The minimum absolute atomic E-state index is 0.274. The number of carbonyl (C=O) groups excluding carboxylic acids is 1. The number of hydrogen-bond acceptors (Lipinski definition) is 3. The predicted molar refractivity (Wildman–Crippen MR) is 96.6 cm³/mol. The molecule has 27 heavy (non-hydrogen) atoms. The smallest absolute Gasteiger partial charge is 0.326 e. The molecule has 2 aliphatic rings. The van der Waals surface area contributed by atoms with Crippen LogP contribution < -0.4 is 0 Å². The lowest BCUT2D eigenvalue weighted by Gasteiger charge is -2.32. The van der Waals surface area contributed by atoms with Crippen LogP contribution in [0.4, 0.5) is 4.39 Å². The number of rotatable bonds is 3. The largest absolute Gasteiger partial charge is 0.480 e. The molecule has 1 fully saturated rings. The standard InChI is InChI=1S/C20H22FN3O3/c1-12-8-9-16(14(21)11-12)24-15-7-4-5-13(15)18(22-24)19(25)23-10-3-2-6-17(23)20(26)27/h8-9,11,17H,2-7,10H2,1H3,(H,26,27). The number of halogens is 1. The monoisotopic (exact) mass is 371 g/mol. The second-order valence-corrected chi connectivity index (χ2v) is 7.34. The Kier molecular flexibility index (Phi) is 4.45. The van der Waals surface area contributed by atoms with Crippen molar-refractivity contribution in [3.8, 4) is 5.69 Å². The Bertz CT molecular complexity index is 921. The van der Waals surface area contributed by atoms with E-state index < -0.39 is 12.0 Å². The number of amides is 1. The molecule has 1 aromatic carbocycles. The van der Waals surface area contributed by atoms with Gasteiger partial charge in [-0.1, -0.05) is 6.07 Å². The molecule has 0 spiro atoms. The quantitative estimate of drug-likeness (QED) is 0.900. The Balaban J connectivity index is 1.76. The summed E-state index contributed by atoms with van der Waals surface area (Å²) in [5.41, 5.74) is 3.09. The van der Waals surface area contributed by atoms with Gasteiger partial charge in [0.15, 0.2) is 5.69 Å². The lowest BCUT2D eigenvalue weighted by molar-refractivity contribution is -0.143. The molecule has 1 amide bonds. The maximum Gasteiger partial charge on any atom is 0.326 e. The van der Waals surface area contributed by atoms with E-state index in [1.807, 2.05) is 13.0 Å². The van der Waals surface area contributed by atoms with Crippen molar-refractivity contribution in [2.45, 2.75) is 51.5 Å². The van der Waals surface area contributed by atoms with Gasteiger partial charge in [0.05, 0.1) is 0 Å². The van der Waals surface area contributed by atoms with Gasteiger partial charge >= 0.3 is 5.97 Å². The second-order valence-electron chi connectivity index (χ2n) is 7.34. The Hall–Kier alpha value is -2.70. The van der Waals surface area contributed by atoms with Gasteiger partial charge in [0.1, 0.15) is 17.5 Å². The zero-order valence-corrected chi connectivity index (χ0v) is 15.2. The van der Waals surface area contributed by atoms with E-state index in [1.165, 1.54) is 15.6 Å². The number of aromatic nitrogens is 2. The molecule has 1 aliphatic heterocycles. The van der Waals surface area contributed by atoms with E-state index in [4.69, 9.17) is 0 Å². The number of carboxylic acids is 1. The van der Waals surface area contributed by atoms with E-state index in [0.717, 1.165) is 42.5 Å². The highest BCUT2D eigenvalue weighted by atomic mass is 19.1. The molecule has 1 aromatic heterocycles. The number of benzene rings is 1. The molecular weight excluding hydrogens is 349 g/mol. The summed E-state index contributed by atoms with van der Waals surface area (Å²) in [7, 11) is 0. The maximum atomic E-state index is 14.5. The third-order valence-corrected chi connectivity index (χ3v) is 5.51. The summed E-state index contributed by atoms with van der Waals surface area (Å²) in [6.45, 7) is 2.23. The first-order valence-corrected chi connectivity index (χ1v) is 9.38. The van der Waals surface area contributed by atoms with E-state index in [2.05, 4.69) is 5.10 Å². The summed E-state index contributed by atoms with van der Waals surface area (Å²) in [4.78, 5) is 26.1. The van der Waals surface area contributed by atoms with Crippen LogP contribution in [0.25, 0.3) is 5.69 Å². The van der Waals surface area contributed by atoms with Crippen molar-refractivity contribution in [2.75, 3.05) is 6.54 Å². The molecule has 1 atom stereocenters. The Morgan fingerprint density at radius 1 is 1.22 bits per heavy atom. The summed E-state index contributed by atoms with van der Waals surface area (Å²) in [5.74, 6) is -1.72. The fraction of sp³-hybridized carbons (Fsp3) is 0.450. The topological polar surface area (TPSA) is 75.4 Å². The Labute approximate surface area is 156 Å². The molecule has 0 bridgehead atoms. The minimum Gasteiger partial charge on any atom is -0.480 e. The van der Waals surface area contributed by atoms with Gasteiger partial charge in [-0.3, -0.25) is 4.79 Å². The third kappa shape index (κ3) is 3.01. The number of hydrogen-bond donors (Lipinski definition) is 1. The van der Waals surface area contributed by atoms with Crippen LogP contribution in [0.5, 0.6) is 0 Å². The number of carbonyl (C=O) groups is 2. The van der Waals surface area contributed by atoms with Crippen molar-refractivity contribution < 1.29 is 19.1 Å². The molecule has 1 N–H and O–H groups in total. The van der Waals surface area contributed by atoms with Gasteiger partial charge < -0.3 is 10.0 Å². The van der Waals surface area contributed by atoms with Crippen molar-refractivity contribution in [3.05, 3.63) is 46.5 Å². The van der Waals surface area contributed by atoms with Gasteiger partial charge in [-0.05, 0) is 63.1 Å². The zero-order chi connectivity index (χ0) is 19.1. The van der Waals surface area contributed by atoms with Crippen LogP contribution >= 0.6 is 0 Å². The Morgan fingerprint density at radius 2 is 2.04 bits per heavy atom. The molecule has 4 rings (SSSR count). The highest BCUT2D eigenvalue weighted by Gasteiger charge is 2.36. The van der Waals surface area contributed by atoms with E-state index in [-0.39, 0.29) is 17.4 Å². The molecule has 1 unspecified atom stereocenters. The number of aliphatic carboxylic acids is 1. The lowest BCUT2D eigenvalue weighted by atomic mass is 10.0. The highest BCUT2D eigenvalue weighted by molar-refractivity contribution is 5.96. The van der Waals surface area contributed by atoms with Crippen LogP contribution in [0.3, 0.4) is 0 Å². The average Bonchev–Trinajstić information content (AvgIpc) is 3.24. The van der Waals surface area contributed by atoms with E-state index in [1.54, 1.807) is 6.07 Å². The first kappa shape index (κ1) is 17.7. The Morgan fingerprint density at radius 3 is 2.78 bits per heavy atom. The second kappa shape index (κ2) is 6.79. The summed E-state index contributed by atoms with van der Waals surface area (Å²) < 4.78 is 16.0. The SMILES string of the molecule is Cc1ccc(-n2nc(C(=O)N3CCCCC3C(=O)O)c3c2CCC3)c(F)c1. The van der Waals surface area contributed by atoms with E-state index in [9.17, 15) is 19.1 Å². The molecule has 6 nitrogen and oxygen atoms in total. The first-order chi connectivity index (χ1) is 13.0. The molecule has 7 heteroatoms. The third-order valence-electron chi connectivity index (χ3n) is 5.51. The van der Waals surface area contributed by atoms with Gasteiger partial charge in [-0.25, -0.2) is 13.9 Å². The molecule has 0 saturated carbocycles. The van der Waals surface area contributed by atoms with Crippen molar-refractivity contribution >= 4 is 11.9 Å². The molecule has 0 radical (unpaired) electrons. The summed E-state index contributed by atoms with van der Waals surface area (Å²) in [5, 5.41) is 13.9. The molecule has 1 aliphatic carbocycles. The van der Waals surface area contributed by atoms with Gasteiger partial charge in [-0.2, -0.15) is 5.10 Å². The van der Waals surface area contributed by atoms with Gasteiger partial charge in [0.25, 0.3) is 5.91 Å². The van der Waals surface area contributed by atoms with Crippen LogP contribution in [-0.4, -0.2) is 44.3 Å². The molecule has 1 saturated heterocycles. The zero-order valence-electron chi connectivity index (χ0n) is 15.2. The van der Waals surface area contributed by atoms with E-state index in [0.29, 0.717) is 25.1 Å². The minimum atomic E-state index is -0.983. The first-order valence-electron chi connectivity index (χ1n) is 9.38. The normalized spacial score (nSPS) is 19.2. The predicted octanol–water partition coefficient (Wildman–Crippen LogP) is 2.89. The number of nitrogens with zero attached hydrogens (tertiary/aromatic N) is 3. The number of carboxylic acid groups (broad SMARTS) is 1. The fourth-order valence-corrected chi connectivity index (χ4v) is 4.16. The molecule has 2 heterocycles. The van der Waals surface area contributed by atoms with Crippen LogP contribution in [0.1, 0.15) is 53.0 Å². The van der Waals surface area contributed by atoms with Crippen molar-refractivity contribution in [2.24, 2.45) is 0 Å². The van der Waals surface area contributed by atoms with E-state index >= 15 is 0 Å². The summed E-state index contributed by atoms with van der Waals surface area (Å²) in [6, 6.07) is 4.12. The van der Waals surface area contributed by atoms with Crippen molar-refractivity contribution in [1.29, 1.82) is 0 Å². The van der Waals surface area contributed by atoms with Crippen molar-refractivity contribution in [1.82, 2.24) is 14.7 Å². The number of fused-ring (bicyclic) bond motifs is 1. The van der Waals surface area contributed by atoms with Crippen LogP contribution in [0, 0.1) is 12.7 Å². The van der Waals surface area contributed by atoms with Gasteiger partial charge in [-0.15, -0.1) is 0 Å². The maximum absolute atomic E-state index is 14.5. The number of likely N-dealkylation sites (tertiary alicyclic amines) is 1. The van der Waals surface area contributed by atoms with Crippen molar-refractivity contribution in [3.63, 3.8) is 0 Å². The highest BCUT2D eigenvalue weighted by Crippen LogP contribution is 2.31. The number of piperidine rings is 1.